The number of carboxylic acid groups (broad SMARTS) is 1. The molecule has 2 saturated heterocycles. The van der Waals surface area contributed by atoms with Crippen molar-refractivity contribution in [2.75, 3.05) is 24.5 Å². The molecule has 3 rings (SSSR count). The number of hydrogen-bond acceptors (Lipinski definition) is 3. The molecule has 2 fully saturated rings. The first-order valence-electron chi connectivity index (χ1n) is 8.90. The maximum Gasteiger partial charge on any atom is 0.308 e. The van der Waals surface area contributed by atoms with Crippen LogP contribution in [0.15, 0.2) is 24.3 Å². The van der Waals surface area contributed by atoms with Gasteiger partial charge in [0.2, 0.25) is 11.8 Å². The van der Waals surface area contributed by atoms with Crippen molar-refractivity contribution in [2.24, 2.45) is 11.8 Å². The van der Waals surface area contributed by atoms with E-state index in [1.54, 1.807) is 9.80 Å². The van der Waals surface area contributed by atoms with Gasteiger partial charge in [0.05, 0.1) is 11.8 Å². The van der Waals surface area contributed by atoms with Gasteiger partial charge in [-0.1, -0.05) is 19.1 Å². The van der Waals surface area contributed by atoms with E-state index >= 15 is 0 Å². The van der Waals surface area contributed by atoms with Crippen LogP contribution >= 0.6 is 0 Å². The smallest absolute Gasteiger partial charge is 0.308 e. The number of likely N-dealkylation sites (tertiary alicyclic amines) is 1. The summed E-state index contributed by atoms with van der Waals surface area (Å²) in [5, 5.41) is 9.18. The van der Waals surface area contributed by atoms with Crippen molar-refractivity contribution in [1.29, 1.82) is 0 Å². The lowest BCUT2D eigenvalue weighted by Gasteiger charge is -2.32. The van der Waals surface area contributed by atoms with Crippen LogP contribution in [0.2, 0.25) is 0 Å². The van der Waals surface area contributed by atoms with Gasteiger partial charge in [-0.2, -0.15) is 0 Å². The van der Waals surface area contributed by atoms with Crippen LogP contribution in [0, 0.1) is 11.8 Å². The number of carbonyl (C=O) groups is 3. The summed E-state index contributed by atoms with van der Waals surface area (Å²) in [7, 11) is 0. The van der Waals surface area contributed by atoms with E-state index in [1.165, 1.54) is 5.56 Å². The van der Waals surface area contributed by atoms with Crippen molar-refractivity contribution >= 4 is 23.5 Å². The lowest BCUT2D eigenvalue weighted by atomic mass is 9.96. The van der Waals surface area contributed by atoms with Crippen LogP contribution in [-0.2, 0) is 20.8 Å². The fourth-order valence-electron chi connectivity index (χ4n) is 3.67. The third-order valence-electron chi connectivity index (χ3n) is 5.21. The number of carbonyl (C=O) groups excluding carboxylic acids is 2. The molecule has 2 heterocycles. The summed E-state index contributed by atoms with van der Waals surface area (Å²) in [6.45, 7) is 3.29. The molecule has 6 nitrogen and oxygen atoms in total. The van der Waals surface area contributed by atoms with Gasteiger partial charge in [-0.15, -0.1) is 0 Å². The standard InChI is InChI=1S/C19H24N2O4/c1-2-13-5-7-16(8-6-13)21-12-15(10-17(21)22)18(23)20-9-3-4-14(11-20)19(24)25/h5-8,14-15H,2-4,9-12H2,1H3,(H,24,25)/t14-,15-/m0/s1. The van der Waals surface area contributed by atoms with E-state index in [9.17, 15) is 19.5 Å². The van der Waals surface area contributed by atoms with E-state index in [2.05, 4.69) is 6.92 Å². The minimum atomic E-state index is -0.849. The molecule has 1 aromatic rings. The highest BCUT2D eigenvalue weighted by Gasteiger charge is 2.39. The Morgan fingerprint density at radius 2 is 1.88 bits per heavy atom. The van der Waals surface area contributed by atoms with Crippen molar-refractivity contribution in [3.05, 3.63) is 29.8 Å². The second-order valence-electron chi connectivity index (χ2n) is 6.89. The van der Waals surface area contributed by atoms with Crippen molar-refractivity contribution in [1.82, 2.24) is 4.90 Å². The van der Waals surface area contributed by atoms with Gasteiger partial charge in [-0.05, 0) is 37.0 Å². The average molecular weight is 344 g/mol. The summed E-state index contributed by atoms with van der Waals surface area (Å²) in [5.41, 5.74) is 2.02. The first-order valence-corrected chi connectivity index (χ1v) is 8.90. The van der Waals surface area contributed by atoms with Gasteiger partial charge in [0.1, 0.15) is 0 Å². The zero-order valence-corrected chi connectivity index (χ0v) is 14.5. The summed E-state index contributed by atoms with van der Waals surface area (Å²) < 4.78 is 0. The van der Waals surface area contributed by atoms with Gasteiger partial charge in [0.15, 0.2) is 0 Å². The summed E-state index contributed by atoms with van der Waals surface area (Å²) >= 11 is 0. The first kappa shape index (κ1) is 17.5. The van der Waals surface area contributed by atoms with Crippen LogP contribution < -0.4 is 4.90 Å². The zero-order chi connectivity index (χ0) is 18.0. The monoisotopic (exact) mass is 344 g/mol. The van der Waals surface area contributed by atoms with Crippen LogP contribution in [0.4, 0.5) is 5.69 Å². The second kappa shape index (κ2) is 7.25. The Labute approximate surface area is 147 Å². The zero-order valence-electron chi connectivity index (χ0n) is 14.5. The lowest BCUT2D eigenvalue weighted by molar-refractivity contribution is -0.146. The van der Waals surface area contributed by atoms with E-state index in [0.717, 1.165) is 12.1 Å². The van der Waals surface area contributed by atoms with E-state index in [1.807, 2.05) is 24.3 Å². The summed E-state index contributed by atoms with van der Waals surface area (Å²) in [6.07, 6.45) is 2.45. The second-order valence-corrected chi connectivity index (χ2v) is 6.89. The molecule has 25 heavy (non-hydrogen) atoms. The van der Waals surface area contributed by atoms with Gasteiger partial charge < -0.3 is 14.9 Å². The number of carboxylic acids is 1. The molecule has 0 aliphatic carbocycles. The number of aliphatic carboxylic acids is 1. The predicted molar refractivity (Wildman–Crippen MR) is 93.2 cm³/mol. The van der Waals surface area contributed by atoms with Crippen LogP contribution in [0.5, 0.6) is 0 Å². The van der Waals surface area contributed by atoms with Crippen molar-refractivity contribution in [3.8, 4) is 0 Å². The third-order valence-corrected chi connectivity index (χ3v) is 5.21. The Balaban J connectivity index is 1.66. The number of piperidine rings is 1. The molecule has 2 aliphatic rings. The minimum absolute atomic E-state index is 0.0469. The Bertz CT molecular complexity index is 671. The van der Waals surface area contributed by atoms with Crippen LogP contribution in [0.25, 0.3) is 0 Å². The Hall–Kier alpha value is -2.37. The molecule has 1 N–H and O–H groups in total. The molecule has 2 amide bonds. The van der Waals surface area contributed by atoms with Crippen LogP contribution in [0.3, 0.4) is 0 Å². The maximum absolute atomic E-state index is 12.7. The lowest BCUT2D eigenvalue weighted by Crippen LogP contribution is -2.45. The van der Waals surface area contributed by atoms with Gasteiger partial charge in [0.25, 0.3) is 0 Å². The number of rotatable bonds is 4. The Morgan fingerprint density at radius 1 is 1.16 bits per heavy atom. The van der Waals surface area contributed by atoms with Crippen LogP contribution in [-0.4, -0.2) is 47.4 Å². The minimum Gasteiger partial charge on any atom is -0.481 e. The predicted octanol–water partition coefficient (Wildman–Crippen LogP) is 1.93. The SMILES string of the molecule is CCc1ccc(N2C[C@@H](C(=O)N3CCC[C@H](C(=O)O)C3)CC2=O)cc1. The summed E-state index contributed by atoms with van der Waals surface area (Å²) in [5.74, 6) is -1.86. The normalized spacial score (nSPS) is 23.8. The highest BCUT2D eigenvalue weighted by Crippen LogP contribution is 2.28. The quantitative estimate of drug-likeness (QED) is 0.905. The van der Waals surface area contributed by atoms with Crippen molar-refractivity contribution in [3.63, 3.8) is 0 Å². The average Bonchev–Trinajstić information content (AvgIpc) is 3.03. The Morgan fingerprint density at radius 3 is 2.52 bits per heavy atom. The van der Waals surface area contributed by atoms with Crippen molar-refractivity contribution < 1.29 is 19.5 Å². The molecule has 0 spiro atoms. The fraction of sp³-hybridized carbons (Fsp3) is 0.526. The van der Waals surface area contributed by atoms with Crippen molar-refractivity contribution in [2.45, 2.75) is 32.6 Å². The molecule has 0 unspecified atom stereocenters. The van der Waals surface area contributed by atoms with Crippen LogP contribution in [0.1, 0.15) is 31.7 Å². The summed E-state index contributed by atoms with van der Waals surface area (Å²) in [4.78, 5) is 39.6. The van der Waals surface area contributed by atoms with Gasteiger partial charge in [-0.25, -0.2) is 0 Å². The number of anilines is 1. The molecular weight excluding hydrogens is 320 g/mol. The van der Waals surface area contributed by atoms with Gasteiger partial charge in [-0.3, -0.25) is 14.4 Å². The third kappa shape index (κ3) is 3.67. The largest absolute Gasteiger partial charge is 0.481 e. The highest BCUT2D eigenvalue weighted by molar-refractivity contribution is 6.00. The molecule has 2 aliphatic heterocycles. The molecule has 134 valence electrons. The maximum atomic E-state index is 12.7. The molecule has 0 saturated carbocycles. The van der Waals surface area contributed by atoms with Gasteiger partial charge in [0, 0.05) is 31.7 Å². The molecule has 0 aromatic heterocycles. The number of hydrogen-bond donors (Lipinski definition) is 1. The molecule has 0 bridgehead atoms. The molecule has 1 aromatic carbocycles. The van der Waals surface area contributed by atoms with Gasteiger partial charge >= 0.3 is 5.97 Å². The molecule has 6 heteroatoms. The number of aryl methyl sites for hydroxylation is 1. The molecule has 2 atom stereocenters. The summed E-state index contributed by atoms with van der Waals surface area (Å²) in [6, 6.07) is 7.84. The fourth-order valence-corrected chi connectivity index (χ4v) is 3.67. The van der Waals surface area contributed by atoms with E-state index < -0.39 is 11.9 Å². The topological polar surface area (TPSA) is 77.9 Å². The number of benzene rings is 1. The van der Waals surface area contributed by atoms with E-state index in [0.29, 0.717) is 25.9 Å². The molecular formula is C19H24N2O4. The first-order chi connectivity index (χ1) is 12.0. The van der Waals surface area contributed by atoms with E-state index in [-0.39, 0.29) is 30.7 Å². The number of amides is 2. The number of nitrogens with zero attached hydrogens (tertiary/aromatic N) is 2. The Kier molecular flexibility index (Phi) is 5.06. The highest BCUT2D eigenvalue weighted by atomic mass is 16.4. The molecule has 0 radical (unpaired) electrons. The van der Waals surface area contributed by atoms with E-state index in [4.69, 9.17) is 0 Å².